The minimum absolute atomic E-state index is 0.0738. The van der Waals surface area contributed by atoms with E-state index in [-0.39, 0.29) is 17.9 Å². The highest BCUT2D eigenvalue weighted by Gasteiger charge is 2.15. The topological polar surface area (TPSA) is 95.9 Å². The van der Waals surface area contributed by atoms with E-state index in [0.717, 1.165) is 30.9 Å². The van der Waals surface area contributed by atoms with E-state index in [1.165, 1.54) is 24.6 Å². The highest BCUT2D eigenvalue weighted by atomic mass is 16.1. The largest absolute Gasteiger partial charge is 0.352 e. The number of likely N-dealkylation sites (tertiary alicyclic amines) is 1. The summed E-state index contributed by atoms with van der Waals surface area (Å²) in [6.45, 7) is 3.69. The van der Waals surface area contributed by atoms with Crippen molar-refractivity contribution < 1.29 is 4.79 Å². The van der Waals surface area contributed by atoms with Gasteiger partial charge in [0.05, 0.1) is 11.9 Å². The number of para-hydroxylation sites is 1. The van der Waals surface area contributed by atoms with Crippen LogP contribution in [0.1, 0.15) is 36.2 Å². The van der Waals surface area contributed by atoms with Crippen LogP contribution in [0.15, 0.2) is 65.6 Å². The second kappa shape index (κ2) is 10.0. The molecule has 1 aliphatic rings. The van der Waals surface area contributed by atoms with Crippen LogP contribution in [0.25, 0.3) is 16.7 Å². The first-order valence-electron chi connectivity index (χ1n) is 11.8. The third-order valence-corrected chi connectivity index (χ3v) is 6.26. The Morgan fingerprint density at radius 1 is 1.00 bits per heavy atom. The molecule has 8 heteroatoms. The van der Waals surface area contributed by atoms with Crippen molar-refractivity contribution in [2.45, 2.75) is 38.8 Å². The molecule has 4 aromatic rings. The van der Waals surface area contributed by atoms with Gasteiger partial charge in [0.1, 0.15) is 11.2 Å². The minimum atomic E-state index is -0.251. The Morgan fingerprint density at radius 2 is 1.74 bits per heavy atom. The fourth-order valence-electron chi connectivity index (χ4n) is 4.42. The maximum atomic E-state index is 12.6. The van der Waals surface area contributed by atoms with Gasteiger partial charge in [0.2, 0.25) is 5.91 Å². The van der Waals surface area contributed by atoms with E-state index in [4.69, 9.17) is 0 Å². The van der Waals surface area contributed by atoms with Crippen LogP contribution in [0.3, 0.4) is 0 Å². The first kappa shape index (κ1) is 22.0. The van der Waals surface area contributed by atoms with E-state index >= 15 is 0 Å². The van der Waals surface area contributed by atoms with Gasteiger partial charge in [0, 0.05) is 25.9 Å². The number of H-pyrrole nitrogens is 1. The molecule has 1 fully saturated rings. The maximum Gasteiger partial charge on any atom is 0.262 e. The van der Waals surface area contributed by atoms with Gasteiger partial charge in [0.15, 0.2) is 5.65 Å². The van der Waals surface area contributed by atoms with Gasteiger partial charge in [-0.3, -0.25) is 14.5 Å². The standard InChI is InChI=1S/C26H28N6O2/c33-24(27-16-19-8-4-5-9-20(19)18-31-14-6-7-15-31)13-12-23-29-25-22(26(34)30-23)17-28-32(25)21-10-2-1-3-11-21/h1-5,8-11,17H,6-7,12-16,18H2,(H,27,33)(H,29,30,34). The lowest BCUT2D eigenvalue weighted by Crippen LogP contribution is -2.25. The SMILES string of the molecule is O=C(CCc1nc2c(cnn2-c2ccccc2)c(=O)[nH]1)NCc1ccccc1CN1CCCC1. The average molecular weight is 457 g/mol. The molecule has 0 bridgehead atoms. The lowest BCUT2D eigenvalue weighted by Gasteiger charge is -2.17. The first-order chi connectivity index (χ1) is 16.7. The molecule has 34 heavy (non-hydrogen) atoms. The number of carbonyl (C=O) groups excluding carboxylic acids is 1. The highest BCUT2D eigenvalue weighted by molar-refractivity contribution is 5.77. The lowest BCUT2D eigenvalue weighted by atomic mass is 10.1. The zero-order valence-electron chi connectivity index (χ0n) is 19.0. The second-order valence-electron chi connectivity index (χ2n) is 8.67. The van der Waals surface area contributed by atoms with Gasteiger partial charge in [-0.05, 0) is 49.2 Å². The Hall–Kier alpha value is -3.78. The van der Waals surface area contributed by atoms with Crippen molar-refractivity contribution in [2.24, 2.45) is 0 Å². The van der Waals surface area contributed by atoms with Gasteiger partial charge >= 0.3 is 0 Å². The smallest absolute Gasteiger partial charge is 0.262 e. The number of aromatic amines is 1. The van der Waals surface area contributed by atoms with Crippen LogP contribution in [-0.2, 0) is 24.3 Å². The molecule has 2 aromatic carbocycles. The van der Waals surface area contributed by atoms with Crippen LogP contribution < -0.4 is 10.9 Å². The number of aryl methyl sites for hydroxylation is 1. The number of benzene rings is 2. The van der Waals surface area contributed by atoms with Crippen LogP contribution >= 0.6 is 0 Å². The molecule has 1 saturated heterocycles. The second-order valence-corrected chi connectivity index (χ2v) is 8.67. The number of rotatable bonds is 8. The normalized spacial score (nSPS) is 14.0. The van der Waals surface area contributed by atoms with E-state index in [1.54, 1.807) is 4.68 Å². The zero-order chi connectivity index (χ0) is 23.3. The Kier molecular flexibility index (Phi) is 6.49. The molecule has 0 saturated carbocycles. The molecule has 174 valence electrons. The average Bonchev–Trinajstić information content (AvgIpc) is 3.53. The lowest BCUT2D eigenvalue weighted by molar-refractivity contribution is -0.121. The molecular formula is C26H28N6O2. The molecule has 8 nitrogen and oxygen atoms in total. The Bertz CT molecular complexity index is 1340. The van der Waals surface area contributed by atoms with E-state index < -0.39 is 0 Å². The fraction of sp³-hybridized carbons (Fsp3) is 0.308. The first-order valence-corrected chi connectivity index (χ1v) is 11.8. The third-order valence-electron chi connectivity index (χ3n) is 6.26. The molecule has 0 atom stereocenters. The number of hydrogen-bond donors (Lipinski definition) is 2. The molecule has 2 aromatic heterocycles. The third kappa shape index (κ3) is 4.92. The van der Waals surface area contributed by atoms with Crippen molar-refractivity contribution in [1.29, 1.82) is 0 Å². The summed E-state index contributed by atoms with van der Waals surface area (Å²) in [6.07, 6.45) is 4.61. The molecule has 0 spiro atoms. The van der Waals surface area contributed by atoms with Crippen LogP contribution in [0.5, 0.6) is 0 Å². The summed E-state index contributed by atoms with van der Waals surface area (Å²) in [6, 6.07) is 17.8. The van der Waals surface area contributed by atoms with E-state index in [1.807, 2.05) is 36.4 Å². The Balaban J connectivity index is 1.23. The molecular weight excluding hydrogens is 428 g/mol. The summed E-state index contributed by atoms with van der Waals surface area (Å²) in [5.41, 5.74) is 3.46. The monoisotopic (exact) mass is 456 g/mol. The quantitative estimate of drug-likeness (QED) is 0.425. The van der Waals surface area contributed by atoms with Crippen LogP contribution in [0.4, 0.5) is 0 Å². The summed E-state index contributed by atoms with van der Waals surface area (Å²) in [5.74, 6) is 0.398. The van der Waals surface area contributed by atoms with Gasteiger partial charge in [-0.1, -0.05) is 42.5 Å². The molecule has 2 N–H and O–H groups in total. The molecule has 0 unspecified atom stereocenters. The predicted molar refractivity (Wildman–Crippen MR) is 131 cm³/mol. The van der Waals surface area contributed by atoms with Crippen molar-refractivity contribution in [1.82, 2.24) is 30.0 Å². The van der Waals surface area contributed by atoms with Crippen molar-refractivity contribution in [3.05, 3.63) is 88.1 Å². The van der Waals surface area contributed by atoms with Crippen molar-refractivity contribution in [2.75, 3.05) is 13.1 Å². The van der Waals surface area contributed by atoms with Gasteiger partial charge in [-0.25, -0.2) is 9.67 Å². The van der Waals surface area contributed by atoms with E-state index in [2.05, 4.69) is 43.5 Å². The summed E-state index contributed by atoms with van der Waals surface area (Å²) in [5, 5.41) is 7.77. The molecule has 0 aliphatic carbocycles. The number of fused-ring (bicyclic) bond motifs is 1. The maximum absolute atomic E-state index is 12.6. The van der Waals surface area contributed by atoms with E-state index in [9.17, 15) is 9.59 Å². The summed E-state index contributed by atoms with van der Waals surface area (Å²) >= 11 is 0. The van der Waals surface area contributed by atoms with Gasteiger partial charge in [0.25, 0.3) is 5.56 Å². The fourth-order valence-corrected chi connectivity index (χ4v) is 4.42. The van der Waals surface area contributed by atoms with Gasteiger partial charge in [-0.15, -0.1) is 0 Å². The summed E-state index contributed by atoms with van der Waals surface area (Å²) in [7, 11) is 0. The summed E-state index contributed by atoms with van der Waals surface area (Å²) < 4.78 is 1.64. The van der Waals surface area contributed by atoms with Crippen LogP contribution in [0.2, 0.25) is 0 Å². The summed E-state index contributed by atoms with van der Waals surface area (Å²) in [4.78, 5) is 34.9. The van der Waals surface area contributed by atoms with Crippen LogP contribution in [-0.4, -0.2) is 43.6 Å². The molecule has 0 radical (unpaired) electrons. The predicted octanol–water partition coefficient (Wildman–Crippen LogP) is 2.95. The zero-order valence-corrected chi connectivity index (χ0v) is 19.0. The van der Waals surface area contributed by atoms with Crippen molar-refractivity contribution >= 4 is 16.9 Å². The van der Waals surface area contributed by atoms with Crippen LogP contribution in [0, 0.1) is 0 Å². The van der Waals surface area contributed by atoms with Gasteiger partial charge in [-0.2, -0.15) is 5.10 Å². The number of carbonyl (C=O) groups is 1. The molecule has 3 heterocycles. The number of aromatic nitrogens is 4. The van der Waals surface area contributed by atoms with E-state index in [0.29, 0.717) is 29.8 Å². The van der Waals surface area contributed by atoms with Crippen molar-refractivity contribution in [3.63, 3.8) is 0 Å². The Labute approximate surface area is 197 Å². The number of nitrogens with zero attached hydrogens (tertiary/aromatic N) is 4. The number of hydrogen-bond acceptors (Lipinski definition) is 5. The Morgan fingerprint density at radius 3 is 2.53 bits per heavy atom. The van der Waals surface area contributed by atoms with Gasteiger partial charge < -0.3 is 10.3 Å². The highest BCUT2D eigenvalue weighted by Crippen LogP contribution is 2.17. The van der Waals surface area contributed by atoms with Crippen molar-refractivity contribution in [3.8, 4) is 5.69 Å². The minimum Gasteiger partial charge on any atom is -0.352 e. The molecule has 1 aliphatic heterocycles. The number of nitrogens with one attached hydrogen (secondary N) is 2. The molecule has 1 amide bonds. The molecule has 5 rings (SSSR count). The number of amides is 1.